The molecule has 1 saturated heterocycles. The van der Waals surface area contributed by atoms with Crippen LogP contribution in [0.25, 0.3) is 0 Å². The van der Waals surface area contributed by atoms with Crippen LogP contribution < -0.4 is 5.32 Å². The van der Waals surface area contributed by atoms with Crippen LogP contribution in [0, 0.1) is 17.8 Å². The van der Waals surface area contributed by atoms with Crippen molar-refractivity contribution < 1.29 is 0 Å². The minimum atomic E-state index is 0.804. The first-order valence-electron chi connectivity index (χ1n) is 8.10. The fourth-order valence-corrected chi connectivity index (χ4v) is 3.71. The van der Waals surface area contributed by atoms with Crippen molar-refractivity contribution in [2.45, 2.75) is 58.9 Å². The van der Waals surface area contributed by atoms with E-state index in [1.807, 2.05) is 0 Å². The molecule has 0 aromatic carbocycles. The van der Waals surface area contributed by atoms with Gasteiger partial charge in [-0.2, -0.15) is 0 Å². The summed E-state index contributed by atoms with van der Waals surface area (Å²) in [6.07, 6.45) is 7.23. The monoisotopic (exact) mass is 252 g/mol. The first-order valence-corrected chi connectivity index (χ1v) is 8.10. The SMILES string of the molecule is CC1CCCC(N2CC(C)CNCC(C)C2)CC1. The van der Waals surface area contributed by atoms with Crippen LogP contribution in [0.2, 0.25) is 0 Å². The molecular formula is C16H32N2. The third-order valence-electron chi connectivity index (χ3n) is 4.82. The molecule has 1 saturated carbocycles. The molecule has 0 aromatic rings. The number of nitrogens with zero attached hydrogens (tertiary/aromatic N) is 1. The summed E-state index contributed by atoms with van der Waals surface area (Å²) in [6, 6.07) is 0.873. The zero-order chi connectivity index (χ0) is 13.0. The number of nitrogens with one attached hydrogen (secondary N) is 1. The lowest BCUT2D eigenvalue weighted by Crippen LogP contribution is -2.47. The van der Waals surface area contributed by atoms with Gasteiger partial charge in [-0.1, -0.05) is 33.6 Å². The summed E-state index contributed by atoms with van der Waals surface area (Å²) >= 11 is 0. The Morgan fingerprint density at radius 1 is 0.778 bits per heavy atom. The van der Waals surface area contributed by atoms with Crippen LogP contribution in [0.1, 0.15) is 52.9 Å². The molecule has 2 aliphatic rings. The van der Waals surface area contributed by atoms with Crippen molar-refractivity contribution in [3.63, 3.8) is 0 Å². The van der Waals surface area contributed by atoms with Gasteiger partial charge in [0, 0.05) is 19.1 Å². The lowest BCUT2D eigenvalue weighted by molar-refractivity contribution is 0.121. The molecule has 2 heteroatoms. The molecule has 0 spiro atoms. The maximum atomic E-state index is 3.60. The normalized spacial score (nSPS) is 40.8. The van der Waals surface area contributed by atoms with E-state index in [0.29, 0.717) is 0 Å². The van der Waals surface area contributed by atoms with Gasteiger partial charge in [-0.25, -0.2) is 0 Å². The predicted molar refractivity (Wildman–Crippen MR) is 78.8 cm³/mol. The molecule has 0 amide bonds. The van der Waals surface area contributed by atoms with E-state index in [9.17, 15) is 0 Å². The van der Waals surface area contributed by atoms with Gasteiger partial charge in [-0.05, 0) is 50.1 Å². The van der Waals surface area contributed by atoms with Crippen LogP contribution in [0.3, 0.4) is 0 Å². The molecule has 2 nitrogen and oxygen atoms in total. The first kappa shape index (κ1) is 14.3. The lowest BCUT2D eigenvalue weighted by Gasteiger charge is -2.37. The van der Waals surface area contributed by atoms with Crippen LogP contribution in [-0.4, -0.2) is 37.1 Å². The second kappa shape index (κ2) is 6.91. The summed E-state index contributed by atoms with van der Waals surface area (Å²) < 4.78 is 0. The van der Waals surface area contributed by atoms with Gasteiger partial charge in [0.05, 0.1) is 0 Å². The molecule has 4 unspecified atom stereocenters. The van der Waals surface area contributed by atoms with E-state index < -0.39 is 0 Å². The molecule has 1 heterocycles. The van der Waals surface area contributed by atoms with E-state index in [0.717, 1.165) is 23.8 Å². The Balaban J connectivity index is 1.94. The zero-order valence-corrected chi connectivity index (χ0v) is 12.6. The van der Waals surface area contributed by atoms with E-state index in [1.165, 1.54) is 58.3 Å². The van der Waals surface area contributed by atoms with Crippen molar-refractivity contribution in [1.29, 1.82) is 0 Å². The third kappa shape index (κ3) is 4.24. The molecule has 0 aromatic heterocycles. The summed E-state index contributed by atoms with van der Waals surface area (Å²) in [5.74, 6) is 2.57. The molecule has 1 aliphatic carbocycles. The Bertz CT molecular complexity index is 229. The van der Waals surface area contributed by atoms with Gasteiger partial charge < -0.3 is 5.32 Å². The van der Waals surface area contributed by atoms with Gasteiger partial charge >= 0.3 is 0 Å². The highest BCUT2D eigenvalue weighted by atomic mass is 15.2. The number of hydrogen-bond donors (Lipinski definition) is 1. The van der Waals surface area contributed by atoms with Crippen LogP contribution in [0.5, 0.6) is 0 Å². The number of hydrogen-bond acceptors (Lipinski definition) is 2. The Morgan fingerprint density at radius 2 is 1.44 bits per heavy atom. The fourth-order valence-electron chi connectivity index (χ4n) is 3.71. The van der Waals surface area contributed by atoms with Gasteiger partial charge in [0.2, 0.25) is 0 Å². The minimum absolute atomic E-state index is 0.804. The van der Waals surface area contributed by atoms with E-state index in [2.05, 4.69) is 31.0 Å². The molecule has 106 valence electrons. The summed E-state index contributed by atoms with van der Waals surface area (Å²) in [5, 5.41) is 3.60. The molecule has 1 aliphatic heterocycles. The highest BCUT2D eigenvalue weighted by Gasteiger charge is 2.25. The molecule has 1 N–H and O–H groups in total. The van der Waals surface area contributed by atoms with E-state index in [4.69, 9.17) is 0 Å². The Kier molecular flexibility index (Phi) is 5.50. The van der Waals surface area contributed by atoms with Crippen LogP contribution in [0.4, 0.5) is 0 Å². The van der Waals surface area contributed by atoms with E-state index >= 15 is 0 Å². The summed E-state index contributed by atoms with van der Waals surface area (Å²) in [6.45, 7) is 12.2. The van der Waals surface area contributed by atoms with Gasteiger partial charge in [0.25, 0.3) is 0 Å². The Labute approximate surface area is 114 Å². The molecule has 0 radical (unpaired) electrons. The fraction of sp³-hybridized carbons (Fsp3) is 1.00. The second-order valence-electron chi connectivity index (χ2n) is 7.09. The molecular weight excluding hydrogens is 220 g/mol. The topological polar surface area (TPSA) is 15.3 Å². The molecule has 2 rings (SSSR count). The zero-order valence-electron chi connectivity index (χ0n) is 12.6. The molecule has 0 bridgehead atoms. The van der Waals surface area contributed by atoms with Crippen LogP contribution in [-0.2, 0) is 0 Å². The van der Waals surface area contributed by atoms with Crippen molar-refractivity contribution >= 4 is 0 Å². The van der Waals surface area contributed by atoms with Crippen molar-refractivity contribution in [1.82, 2.24) is 10.2 Å². The molecule has 2 fully saturated rings. The van der Waals surface area contributed by atoms with Gasteiger partial charge in [0.15, 0.2) is 0 Å². The molecule has 18 heavy (non-hydrogen) atoms. The predicted octanol–water partition coefficient (Wildman–Crippen LogP) is 3.13. The highest BCUT2D eigenvalue weighted by molar-refractivity contribution is 4.81. The quantitative estimate of drug-likeness (QED) is 0.721. The van der Waals surface area contributed by atoms with Crippen molar-refractivity contribution in [3.8, 4) is 0 Å². The first-order chi connectivity index (χ1) is 8.65. The van der Waals surface area contributed by atoms with Crippen LogP contribution >= 0.6 is 0 Å². The van der Waals surface area contributed by atoms with Crippen molar-refractivity contribution in [2.24, 2.45) is 17.8 Å². The van der Waals surface area contributed by atoms with E-state index in [-0.39, 0.29) is 0 Å². The second-order valence-corrected chi connectivity index (χ2v) is 7.09. The number of rotatable bonds is 1. The summed E-state index contributed by atoms with van der Waals surface area (Å²) in [4.78, 5) is 2.83. The largest absolute Gasteiger partial charge is 0.316 e. The average molecular weight is 252 g/mol. The highest BCUT2D eigenvalue weighted by Crippen LogP contribution is 2.27. The molecule has 4 atom stereocenters. The maximum absolute atomic E-state index is 3.60. The van der Waals surface area contributed by atoms with Crippen molar-refractivity contribution in [3.05, 3.63) is 0 Å². The standard InChI is InChI=1S/C16H32N2/c1-13-5-4-6-16(8-7-13)18-11-14(2)9-17-10-15(3)12-18/h13-17H,4-12H2,1-3H3. The average Bonchev–Trinajstić information content (AvgIpc) is 2.51. The van der Waals surface area contributed by atoms with E-state index in [1.54, 1.807) is 0 Å². The third-order valence-corrected chi connectivity index (χ3v) is 4.82. The van der Waals surface area contributed by atoms with Crippen LogP contribution in [0.15, 0.2) is 0 Å². The maximum Gasteiger partial charge on any atom is 0.00956 e. The van der Waals surface area contributed by atoms with Gasteiger partial charge in [-0.3, -0.25) is 4.90 Å². The van der Waals surface area contributed by atoms with Crippen molar-refractivity contribution in [2.75, 3.05) is 26.2 Å². The summed E-state index contributed by atoms with van der Waals surface area (Å²) in [7, 11) is 0. The van der Waals surface area contributed by atoms with Gasteiger partial charge in [-0.15, -0.1) is 0 Å². The Morgan fingerprint density at radius 3 is 2.11 bits per heavy atom. The smallest absolute Gasteiger partial charge is 0.00956 e. The minimum Gasteiger partial charge on any atom is -0.316 e. The Hall–Kier alpha value is -0.0800. The lowest BCUT2D eigenvalue weighted by atomic mass is 9.99. The van der Waals surface area contributed by atoms with Gasteiger partial charge in [0.1, 0.15) is 0 Å². The summed E-state index contributed by atoms with van der Waals surface area (Å²) in [5.41, 5.74) is 0.